The maximum absolute atomic E-state index is 12.7. The molecule has 4 rings (SSSR count). The minimum atomic E-state index is -0.183. The summed E-state index contributed by atoms with van der Waals surface area (Å²) in [6.07, 6.45) is 3.02. The lowest BCUT2D eigenvalue weighted by molar-refractivity contribution is -0.0848. The molecule has 1 aromatic heterocycles. The molecule has 7 nitrogen and oxygen atoms in total. The van der Waals surface area contributed by atoms with E-state index in [0.717, 1.165) is 49.6 Å². The average molecular weight is 461 g/mol. The second-order valence-electron chi connectivity index (χ2n) is 9.07. The van der Waals surface area contributed by atoms with Crippen LogP contribution in [0.25, 0.3) is 5.69 Å². The van der Waals surface area contributed by atoms with E-state index in [9.17, 15) is 4.79 Å². The summed E-state index contributed by atoms with van der Waals surface area (Å²) >= 11 is 0. The summed E-state index contributed by atoms with van der Waals surface area (Å²) in [6, 6.07) is 18.8. The third-order valence-corrected chi connectivity index (χ3v) is 5.86. The number of benzene rings is 2. The summed E-state index contributed by atoms with van der Waals surface area (Å²) in [5, 5.41) is 11.3. The normalized spacial score (nSPS) is 15.6. The van der Waals surface area contributed by atoms with Crippen molar-refractivity contribution in [3.8, 4) is 11.4 Å². The number of morpholine rings is 1. The van der Waals surface area contributed by atoms with Gasteiger partial charge in [0.25, 0.3) is 5.56 Å². The molecule has 0 spiro atoms. The minimum Gasteiger partial charge on any atom is -0.489 e. The molecule has 0 saturated carbocycles. The van der Waals surface area contributed by atoms with Gasteiger partial charge >= 0.3 is 0 Å². The molecular formula is C27H32N4O3. The van der Waals surface area contributed by atoms with Crippen molar-refractivity contribution in [1.82, 2.24) is 9.47 Å². The van der Waals surface area contributed by atoms with Crippen LogP contribution in [0.3, 0.4) is 0 Å². The maximum atomic E-state index is 12.7. The minimum absolute atomic E-state index is 0.116. The first-order chi connectivity index (χ1) is 16.4. The van der Waals surface area contributed by atoms with Crippen molar-refractivity contribution in [3.05, 3.63) is 88.3 Å². The van der Waals surface area contributed by atoms with Crippen LogP contribution in [0.2, 0.25) is 0 Å². The number of rotatable bonds is 9. The topological polar surface area (TPSA) is 79.6 Å². The van der Waals surface area contributed by atoms with E-state index in [1.54, 1.807) is 16.8 Å². The molecule has 178 valence electrons. The van der Waals surface area contributed by atoms with Gasteiger partial charge in [0.2, 0.25) is 0 Å². The molecule has 0 bridgehead atoms. The standard InChI is InChI=1S/C27H32N4O3/c1-27(2)20-30(14-15-34-27)13-11-29-25-9-8-23(16-22(25)18-28)31-12-10-24(17-26(31)32)33-19-21-6-4-3-5-7-21/h3-10,12,16-18,28-29H,11,13-15,19-20H2,1-2H3. The first kappa shape index (κ1) is 23.7. The van der Waals surface area contributed by atoms with E-state index in [-0.39, 0.29) is 11.2 Å². The molecule has 2 heterocycles. The van der Waals surface area contributed by atoms with Gasteiger partial charge in [0, 0.05) is 61.6 Å². The fourth-order valence-electron chi connectivity index (χ4n) is 4.14. The molecule has 2 aromatic carbocycles. The van der Waals surface area contributed by atoms with E-state index < -0.39 is 0 Å². The largest absolute Gasteiger partial charge is 0.489 e. The highest BCUT2D eigenvalue weighted by molar-refractivity contribution is 5.86. The summed E-state index contributed by atoms with van der Waals surface area (Å²) in [5.74, 6) is 0.530. The summed E-state index contributed by atoms with van der Waals surface area (Å²) in [7, 11) is 0. The molecule has 0 amide bonds. The van der Waals surface area contributed by atoms with E-state index in [2.05, 4.69) is 24.1 Å². The molecule has 1 saturated heterocycles. The van der Waals surface area contributed by atoms with Crippen molar-refractivity contribution in [3.63, 3.8) is 0 Å². The third-order valence-electron chi connectivity index (χ3n) is 5.86. The predicted octanol–water partition coefficient (Wildman–Crippen LogP) is 3.94. The lowest BCUT2D eigenvalue weighted by Crippen LogP contribution is -2.49. The number of nitrogens with zero attached hydrogens (tertiary/aromatic N) is 2. The van der Waals surface area contributed by atoms with Gasteiger partial charge in [-0.2, -0.15) is 0 Å². The molecular weight excluding hydrogens is 428 g/mol. The van der Waals surface area contributed by atoms with Crippen LogP contribution in [0.4, 0.5) is 5.69 Å². The SMILES string of the molecule is CC1(C)CN(CCNc2ccc(-n3ccc(OCc4ccccc4)cc3=O)cc2C=N)CCO1. The Morgan fingerprint density at radius 1 is 1.15 bits per heavy atom. The van der Waals surface area contributed by atoms with Gasteiger partial charge in [-0.1, -0.05) is 30.3 Å². The third kappa shape index (κ3) is 6.12. The monoisotopic (exact) mass is 460 g/mol. The molecule has 1 aliphatic heterocycles. The van der Waals surface area contributed by atoms with Crippen LogP contribution in [0.15, 0.2) is 71.7 Å². The number of hydrogen-bond acceptors (Lipinski definition) is 6. The maximum Gasteiger partial charge on any atom is 0.258 e. The molecule has 0 atom stereocenters. The van der Waals surface area contributed by atoms with E-state index in [1.165, 1.54) is 12.3 Å². The van der Waals surface area contributed by atoms with E-state index in [1.807, 2.05) is 48.5 Å². The lowest BCUT2D eigenvalue weighted by Gasteiger charge is -2.38. The highest BCUT2D eigenvalue weighted by atomic mass is 16.5. The van der Waals surface area contributed by atoms with Crippen LogP contribution in [-0.2, 0) is 11.3 Å². The second kappa shape index (κ2) is 10.7. The Balaban J connectivity index is 1.39. The van der Waals surface area contributed by atoms with Gasteiger partial charge < -0.3 is 20.2 Å². The number of nitrogens with one attached hydrogen (secondary N) is 2. The van der Waals surface area contributed by atoms with E-state index >= 15 is 0 Å². The fourth-order valence-corrected chi connectivity index (χ4v) is 4.14. The lowest BCUT2D eigenvalue weighted by atomic mass is 10.1. The van der Waals surface area contributed by atoms with Crippen LogP contribution >= 0.6 is 0 Å². The Morgan fingerprint density at radius 3 is 2.71 bits per heavy atom. The van der Waals surface area contributed by atoms with Crippen LogP contribution < -0.4 is 15.6 Å². The summed E-state index contributed by atoms with van der Waals surface area (Å²) in [5.41, 5.74) is 3.06. The Hall–Kier alpha value is -3.42. The Labute approximate surface area is 200 Å². The van der Waals surface area contributed by atoms with Gasteiger partial charge in [0.1, 0.15) is 12.4 Å². The summed E-state index contributed by atoms with van der Waals surface area (Å²) < 4.78 is 13.1. The quantitative estimate of drug-likeness (QED) is 0.473. The molecule has 34 heavy (non-hydrogen) atoms. The zero-order valence-electron chi connectivity index (χ0n) is 19.8. The molecule has 7 heteroatoms. The van der Waals surface area contributed by atoms with Gasteiger partial charge in [-0.15, -0.1) is 0 Å². The van der Waals surface area contributed by atoms with Crippen LogP contribution in [0, 0.1) is 5.41 Å². The number of hydrogen-bond donors (Lipinski definition) is 2. The Morgan fingerprint density at radius 2 is 1.97 bits per heavy atom. The highest BCUT2D eigenvalue weighted by Gasteiger charge is 2.26. The predicted molar refractivity (Wildman–Crippen MR) is 136 cm³/mol. The van der Waals surface area contributed by atoms with Gasteiger partial charge in [-0.05, 0) is 43.7 Å². The Kier molecular flexibility index (Phi) is 7.45. The number of anilines is 1. The summed E-state index contributed by atoms with van der Waals surface area (Å²) in [6.45, 7) is 8.88. The van der Waals surface area contributed by atoms with Crippen molar-refractivity contribution in [2.24, 2.45) is 0 Å². The van der Waals surface area contributed by atoms with Crippen LogP contribution in [0.5, 0.6) is 5.75 Å². The smallest absolute Gasteiger partial charge is 0.258 e. The first-order valence-electron chi connectivity index (χ1n) is 11.6. The van der Waals surface area contributed by atoms with Crippen molar-refractivity contribution >= 4 is 11.9 Å². The molecule has 0 radical (unpaired) electrons. The van der Waals surface area contributed by atoms with Crippen molar-refractivity contribution in [2.45, 2.75) is 26.1 Å². The van der Waals surface area contributed by atoms with Crippen LogP contribution in [0.1, 0.15) is 25.0 Å². The summed E-state index contributed by atoms with van der Waals surface area (Å²) in [4.78, 5) is 15.1. The number of pyridine rings is 1. The average Bonchev–Trinajstić information content (AvgIpc) is 2.83. The van der Waals surface area contributed by atoms with E-state index in [4.69, 9.17) is 14.9 Å². The number of ether oxygens (including phenoxy) is 2. The molecule has 1 fully saturated rings. The van der Waals surface area contributed by atoms with Crippen LogP contribution in [-0.4, -0.2) is 54.1 Å². The fraction of sp³-hybridized carbons (Fsp3) is 0.333. The van der Waals surface area contributed by atoms with Crippen molar-refractivity contribution in [1.29, 1.82) is 5.41 Å². The molecule has 3 aromatic rings. The van der Waals surface area contributed by atoms with E-state index in [0.29, 0.717) is 18.0 Å². The van der Waals surface area contributed by atoms with Gasteiger partial charge in [-0.3, -0.25) is 14.3 Å². The molecule has 2 N–H and O–H groups in total. The number of aromatic nitrogens is 1. The highest BCUT2D eigenvalue weighted by Crippen LogP contribution is 2.20. The molecule has 1 aliphatic rings. The Bertz CT molecular complexity index is 1170. The van der Waals surface area contributed by atoms with Gasteiger partial charge in [-0.25, -0.2) is 0 Å². The van der Waals surface area contributed by atoms with Crippen molar-refractivity contribution in [2.75, 3.05) is 38.1 Å². The van der Waals surface area contributed by atoms with Gasteiger partial charge in [0.05, 0.1) is 12.2 Å². The molecule has 0 aliphatic carbocycles. The zero-order chi connectivity index (χ0) is 24.0. The molecule has 0 unspecified atom stereocenters. The second-order valence-corrected chi connectivity index (χ2v) is 9.07. The van der Waals surface area contributed by atoms with Crippen molar-refractivity contribution < 1.29 is 9.47 Å². The zero-order valence-corrected chi connectivity index (χ0v) is 19.8. The first-order valence-corrected chi connectivity index (χ1v) is 11.6. The van der Waals surface area contributed by atoms with Gasteiger partial charge in [0.15, 0.2) is 0 Å².